The maximum absolute atomic E-state index is 4.75. The lowest BCUT2D eigenvalue weighted by atomic mass is 9.83. The van der Waals surface area contributed by atoms with Crippen molar-refractivity contribution in [1.82, 2.24) is 24.4 Å². The van der Waals surface area contributed by atoms with Crippen molar-refractivity contribution in [2.45, 2.75) is 64.5 Å². The molecule has 5 nitrogen and oxygen atoms in total. The minimum absolute atomic E-state index is 0.331. The molecule has 4 rings (SSSR count). The van der Waals surface area contributed by atoms with Gasteiger partial charge in [0, 0.05) is 37.1 Å². The molecule has 134 valence electrons. The van der Waals surface area contributed by atoms with Crippen molar-refractivity contribution in [1.29, 1.82) is 0 Å². The van der Waals surface area contributed by atoms with Crippen molar-refractivity contribution < 1.29 is 0 Å². The molecule has 0 saturated carbocycles. The molecule has 2 fully saturated rings. The molecule has 4 heterocycles. The Morgan fingerprint density at radius 1 is 1.08 bits per heavy atom. The van der Waals surface area contributed by atoms with E-state index in [-0.39, 0.29) is 0 Å². The first-order chi connectivity index (χ1) is 12.2. The summed E-state index contributed by atoms with van der Waals surface area (Å²) in [5.41, 5.74) is 0.944. The Bertz CT molecular complexity index is 706. The van der Waals surface area contributed by atoms with Gasteiger partial charge in [-0.15, -0.1) is 0 Å². The highest BCUT2D eigenvalue weighted by atomic mass is 15.2. The average Bonchev–Trinajstić information content (AvgIpc) is 3.10. The summed E-state index contributed by atoms with van der Waals surface area (Å²) in [4.78, 5) is 16.5. The monoisotopic (exact) mass is 339 g/mol. The van der Waals surface area contributed by atoms with Gasteiger partial charge in [0.1, 0.15) is 11.5 Å². The van der Waals surface area contributed by atoms with Crippen molar-refractivity contribution >= 4 is 0 Å². The van der Waals surface area contributed by atoms with Crippen LogP contribution in [0.15, 0.2) is 24.7 Å². The summed E-state index contributed by atoms with van der Waals surface area (Å²) in [6.07, 6.45) is 12.7. The van der Waals surface area contributed by atoms with E-state index in [1.807, 2.05) is 18.5 Å². The summed E-state index contributed by atoms with van der Waals surface area (Å²) < 4.78 is 2.31. The van der Waals surface area contributed by atoms with Gasteiger partial charge in [0.2, 0.25) is 0 Å². The van der Waals surface area contributed by atoms with Crippen molar-refractivity contribution in [3.8, 4) is 11.5 Å². The first-order valence-electron chi connectivity index (χ1n) is 9.81. The Labute approximate surface area is 150 Å². The van der Waals surface area contributed by atoms with E-state index in [0.717, 1.165) is 35.8 Å². The van der Waals surface area contributed by atoms with Gasteiger partial charge in [-0.2, -0.15) is 0 Å². The molecular formula is C20H29N5. The van der Waals surface area contributed by atoms with Gasteiger partial charge >= 0.3 is 0 Å². The van der Waals surface area contributed by atoms with Crippen LogP contribution in [-0.4, -0.2) is 43.6 Å². The van der Waals surface area contributed by atoms with Crippen LogP contribution in [0.3, 0.4) is 0 Å². The maximum atomic E-state index is 4.75. The Balaban J connectivity index is 1.56. The first kappa shape index (κ1) is 16.7. The molecule has 0 N–H and O–H groups in total. The number of imidazole rings is 1. The molecule has 5 heteroatoms. The van der Waals surface area contributed by atoms with Gasteiger partial charge in [0.15, 0.2) is 5.82 Å². The van der Waals surface area contributed by atoms with Crippen LogP contribution in [-0.2, 0) is 6.54 Å². The summed E-state index contributed by atoms with van der Waals surface area (Å²) in [5, 5.41) is 0. The van der Waals surface area contributed by atoms with Gasteiger partial charge < -0.3 is 9.47 Å². The van der Waals surface area contributed by atoms with Gasteiger partial charge in [-0.05, 0) is 50.8 Å². The third kappa shape index (κ3) is 3.47. The SMILES string of the molecule is CC(C)c1nccc(-c2nccn2C[C@@H]2CCCN3CCCC[C@H]23)n1. The van der Waals surface area contributed by atoms with E-state index in [1.165, 1.54) is 45.2 Å². The van der Waals surface area contributed by atoms with Crippen LogP contribution in [0.5, 0.6) is 0 Å². The van der Waals surface area contributed by atoms with Crippen LogP contribution in [0.25, 0.3) is 11.5 Å². The van der Waals surface area contributed by atoms with Crippen LogP contribution in [0.4, 0.5) is 0 Å². The number of hydrogen-bond acceptors (Lipinski definition) is 4. The third-order valence-electron chi connectivity index (χ3n) is 5.80. The molecule has 0 unspecified atom stereocenters. The predicted octanol–water partition coefficient (Wildman–Crippen LogP) is 3.73. The maximum Gasteiger partial charge on any atom is 0.158 e. The number of nitrogens with zero attached hydrogens (tertiary/aromatic N) is 5. The average molecular weight is 339 g/mol. The number of piperidine rings is 2. The highest BCUT2D eigenvalue weighted by molar-refractivity contribution is 5.49. The standard InChI is InChI=1S/C20H29N5/c1-15(2)19-21-9-8-17(23-19)20-22-10-13-25(20)14-16-6-5-12-24-11-4-3-7-18(16)24/h8-10,13,15-16,18H,3-7,11-12,14H2,1-2H3/t16-,18+/m0/s1. The molecule has 0 aliphatic carbocycles. The summed E-state index contributed by atoms with van der Waals surface area (Å²) in [7, 11) is 0. The molecule has 25 heavy (non-hydrogen) atoms. The van der Waals surface area contributed by atoms with E-state index in [4.69, 9.17) is 4.98 Å². The summed E-state index contributed by atoms with van der Waals surface area (Å²) in [6, 6.07) is 2.74. The zero-order valence-corrected chi connectivity index (χ0v) is 15.4. The lowest BCUT2D eigenvalue weighted by molar-refractivity contribution is 0.0521. The molecule has 0 aromatic carbocycles. The van der Waals surface area contributed by atoms with Crippen molar-refractivity contribution in [2.75, 3.05) is 13.1 Å². The van der Waals surface area contributed by atoms with Crippen LogP contribution in [0.2, 0.25) is 0 Å². The van der Waals surface area contributed by atoms with Crippen molar-refractivity contribution in [3.05, 3.63) is 30.5 Å². The van der Waals surface area contributed by atoms with Crippen molar-refractivity contribution in [3.63, 3.8) is 0 Å². The fraction of sp³-hybridized carbons (Fsp3) is 0.650. The molecular weight excluding hydrogens is 310 g/mol. The smallest absolute Gasteiger partial charge is 0.158 e. The summed E-state index contributed by atoms with van der Waals surface area (Å²) >= 11 is 0. The van der Waals surface area contributed by atoms with Crippen LogP contribution in [0, 0.1) is 5.92 Å². The topological polar surface area (TPSA) is 46.8 Å². The molecule has 2 aromatic rings. The number of rotatable bonds is 4. The summed E-state index contributed by atoms with van der Waals surface area (Å²) in [6.45, 7) is 7.90. The lowest BCUT2D eigenvalue weighted by Gasteiger charge is -2.44. The second kappa shape index (κ2) is 7.24. The Hall–Kier alpha value is -1.75. The second-order valence-electron chi connectivity index (χ2n) is 7.86. The zero-order chi connectivity index (χ0) is 17.2. The lowest BCUT2D eigenvalue weighted by Crippen LogP contribution is -2.49. The van der Waals surface area contributed by atoms with Crippen LogP contribution >= 0.6 is 0 Å². The second-order valence-corrected chi connectivity index (χ2v) is 7.86. The molecule has 0 bridgehead atoms. The van der Waals surface area contributed by atoms with Crippen LogP contribution < -0.4 is 0 Å². The Morgan fingerprint density at radius 3 is 2.84 bits per heavy atom. The highest BCUT2D eigenvalue weighted by Crippen LogP contribution is 2.32. The molecule has 0 radical (unpaired) electrons. The van der Waals surface area contributed by atoms with E-state index in [9.17, 15) is 0 Å². The minimum Gasteiger partial charge on any atom is -0.329 e. The number of fused-ring (bicyclic) bond motifs is 1. The quantitative estimate of drug-likeness (QED) is 0.851. The van der Waals surface area contributed by atoms with Crippen LogP contribution in [0.1, 0.15) is 57.7 Å². The van der Waals surface area contributed by atoms with E-state index < -0.39 is 0 Å². The minimum atomic E-state index is 0.331. The number of hydrogen-bond donors (Lipinski definition) is 0. The van der Waals surface area contributed by atoms with E-state index in [1.54, 1.807) is 0 Å². The number of aromatic nitrogens is 4. The van der Waals surface area contributed by atoms with Gasteiger partial charge in [-0.25, -0.2) is 15.0 Å². The molecule has 2 atom stereocenters. The van der Waals surface area contributed by atoms with E-state index >= 15 is 0 Å². The van der Waals surface area contributed by atoms with Gasteiger partial charge in [-0.3, -0.25) is 0 Å². The largest absolute Gasteiger partial charge is 0.329 e. The Kier molecular flexibility index (Phi) is 4.84. The molecule has 2 aliphatic heterocycles. The van der Waals surface area contributed by atoms with E-state index in [0.29, 0.717) is 5.92 Å². The molecule has 0 amide bonds. The molecule has 0 spiro atoms. The molecule has 2 aliphatic rings. The first-order valence-corrected chi connectivity index (χ1v) is 9.81. The highest BCUT2D eigenvalue weighted by Gasteiger charge is 2.33. The molecule has 2 aromatic heterocycles. The van der Waals surface area contributed by atoms with Gasteiger partial charge in [-0.1, -0.05) is 20.3 Å². The van der Waals surface area contributed by atoms with Gasteiger partial charge in [0.25, 0.3) is 0 Å². The van der Waals surface area contributed by atoms with Gasteiger partial charge in [0.05, 0.1) is 0 Å². The fourth-order valence-corrected chi connectivity index (χ4v) is 4.51. The summed E-state index contributed by atoms with van der Waals surface area (Å²) in [5.74, 6) is 2.94. The Morgan fingerprint density at radius 2 is 1.96 bits per heavy atom. The normalized spacial score (nSPS) is 24.4. The molecule has 2 saturated heterocycles. The third-order valence-corrected chi connectivity index (χ3v) is 5.80. The van der Waals surface area contributed by atoms with E-state index in [2.05, 4.69) is 39.5 Å². The predicted molar refractivity (Wildman–Crippen MR) is 99.3 cm³/mol. The fourth-order valence-electron chi connectivity index (χ4n) is 4.51. The zero-order valence-electron chi connectivity index (χ0n) is 15.4. The van der Waals surface area contributed by atoms with Crippen molar-refractivity contribution in [2.24, 2.45) is 5.92 Å².